The predicted molar refractivity (Wildman–Crippen MR) is 69.7 cm³/mol. The molecule has 2 rings (SSSR count). The maximum Gasteiger partial charge on any atom is 0.287 e. The molecule has 2 N–H and O–H groups in total. The molecular formula is C14H12F2N2O3. The summed E-state index contributed by atoms with van der Waals surface area (Å²) < 4.78 is 30.6. The summed E-state index contributed by atoms with van der Waals surface area (Å²) in [6.07, 6.45) is 1.37. The van der Waals surface area contributed by atoms with Gasteiger partial charge in [0.05, 0.1) is 6.26 Å². The third kappa shape index (κ3) is 3.88. The van der Waals surface area contributed by atoms with Gasteiger partial charge in [-0.1, -0.05) is 0 Å². The number of carbonyl (C=O) groups is 2. The minimum absolute atomic E-state index is 0.00580. The van der Waals surface area contributed by atoms with Gasteiger partial charge in [0.1, 0.15) is 0 Å². The summed E-state index contributed by atoms with van der Waals surface area (Å²) in [5.74, 6) is -2.89. The molecule has 0 saturated heterocycles. The van der Waals surface area contributed by atoms with Gasteiger partial charge in [0, 0.05) is 18.7 Å². The minimum atomic E-state index is -1.09. The van der Waals surface area contributed by atoms with Gasteiger partial charge in [0.25, 0.3) is 11.8 Å². The highest BCUT2D eigenvalue weighted by atomic mass is 19.2. The molecule has 21 heavy (non-hydrogen) atoms. The van der Waals surface area contributed by atoms with Crippen molar-refractivity contribution < 1.29 is 22.8 Å². The summed E-state index contributed by atoms with van der Waals surface area (Å²) in [4.78, 5) is 23.1. The lowest BCUT2D eigenvalue weighted by Crippen LogP contribution is -2.34. The van der Waals surface area contributed by atoms with Gasteiger partial charge < -0.3 is 15.1 Å². The van der Waals surface area contributed by atoms with Crippen LogP contribution in [0.15, 0.2) is 41.0 Å². The quantitative estimate of drug-likeness (QED) is 0.825. The Morgan fingerprint density at radius 1 is 1.00 bits per heavy atom. The zero-order valence-corrected chi connectivity index (χ0v) is 10.9. The van der Waals surface area contributed by atoms with E-state index in [-0.39, 0.29) is 24.4 Å². The van der Waals surface area contributed by atoms with Crippen LogP contribution in [0.5, 0.6) is 0 Å². The fourth-order valence-corrected chi connectivity index (χ4v) is 1.59. The summed E-state index contributed by atoms with van der Waals surface area (Å²) >= 11 is 0. The fourth-order valence-electron chi connectivity index (χ4n) is 1.59. The van der Waals surface area contributed by atoms with Crippen LogP contribution >= 0.6 is 0 Å². The van der Waals surface area contributed by atoms with Crippen LogP contribution < -0.4 is 10.6 Å². The molecule has 0 atom stereocenters. The van der Waals surface area contributed by atoms with E-state index in [1.54, 1.807) is 6.07 Å². The van der Waals surface area contributed by atoms with Gasteiger partial charge in [0.15, 0.2) is 17.4 Å². The molecule has 0 saturated carbocycles. The molecule has 0 aliphatic rings. The van der Waals surface area contributed by atoms with E-state index in [0.717, 1.165) is 12.1 Å². The Balaban J connectivity index is 1.77. The van der Waals surface area contributed by atoms with Crippen LogP contribution in [0, 0.1) is 11.6 Å². The molecule has 0 unspecified atom stereocenters. The lowest BCUT2D eigenvalue weighted by Gasteiger charge is -2.06. The van der Waals surface area contributed by atoms with Crippen molar-refractivity contribution in [2.45, 2.75) is 0 Å². The number of hydrogen-bond donors (Lipinski definition) is 2. The summed E-state index contributed by atoms with van der Waals surface area (Å²) in [5, 5.41) is 5.00. The van der Waals surface area contributed by atoms with Crippen molar-refractivity contribution in [2.75, 3.05) is 13.1 Å². The van der Waals surface area contributed by atoms with Crippen molar-refractivity contribution in [1.82, 2.24) is 10.6 Å². The fraction of sp³-hybridized carbons (Fsp3) is 0.143. The number of halogens is 2. The topological polar surface area (TPSA) is 71.3 Å². The van der Waals surface area contributed by atoms with Crippen molar-refractivity contribution in [3.8, 4) is 0 Å². The second kappa shape index (κ2) is 6.65. The Bertz CT molecular complexity index is 642. The predicted octanol–water partition coefficient (Wildman–Crippen LogP) is 1.72. The molecule has 2 aromatic rings. The lowest BCUT2D eigenvalue weighted by molar-refractivity contribution is 0.0910. The Morgan fingerprint density at radius 2 is 1.71 bits per heavy atom. The van der Waals surface area contributed by atoms with Gasteiger partial charge >= 0.3 is 0 Å². The zero-order valence-electron chi connectivity index (χ0n) is 10.9. The molecule has 0 fully saturated rings. The largest absolute Gasteiger partial charge is 0.459 e. The third-order valence-corrected chi connectivity index (χ3v) is 2.62. The standard InChI is InChI=1S/C14H12F2N2O3/c15-10-4-3-9(8-11(10)16)13(19)17-5-6-18-14(20)12-2-1-7-21-12/h1-4,7-8H,5-6H2,(H,17,19)(H,18,20). The number of nitrogens with one attached hydrogen (secondary N) is 2. The van der Waals surface area contributed by atoms with Crippen LogP contribution in [0.3, 0.4) is 0 Å². The first kappa shape index (κ1) is 14.7. The first-order valence-corrected chi connectivity index (χ1v) is 6.13. The Morgan fingerprint density at radius 3 is 2.33 bits per heavy atom. The molecule has 2 amide bonds. The summed E-state index contributed by atoms with van der Waals surface area (Å²) in [7, 11) is 0. The average Bonchev–Trinajstić information content (AvgIpc) is 3.00. The van der Waals surface area contributed by atoms with Crippen molar-refractivity contribution in [3.63, 3.8) is 0 Å². The molecule has 110 valence electrons. The second-order valence-corrected chi connectivity index (χ2v) is 4.12. The van der Waals surface area contributed by atoms with Crippen molar-refractivity contribution >= 4 is 11.8 Å². The van der Waals surface area contributed by atoms with Crippen LogP contribution in [-0.4, -0.2) is 24.9 Å². The number of carbonyl (C=O) groups excluding carboxylic acids is 2. The highest BCUT2D eigenvalue weighted by molar-refractivity contribution is 5.94. The van der Waals surface area contributed by atoms with Crippen LogP contribution in [0.25, 0.3) is 0 Å². The van der Waals surface area contributed by atoms with E-state index in [4.69, 9.17) is 4.42 Å². The van der Waals surface area contributed by atoms with Gasteiger partial charge in [-0.2, -0.15) is 0 Å². The molecule has 7 heteroatoms. The highest BCUT2D eigenvalue weighted by Gasteiger charge is 2.10. The molecule has 0 spiro atoms. The normalized spacial score (nSPS) is 10.2. The number of benzene rings is 1. The summed E-state index contributed by atoms with van der Waals surface area (Å²) in [6.45, 7) is 0.319. The van der Waals surface area contributed by atoms with Gasteiger partial charge in [-0.3, -0.25) is 9.59 Å². The van der Waals surface area contributed by atoms with E-state index in [0.29, 0.717) is 0 Å². The van der Waals surface area contributed by atoms with Crippen LogP contribution in [0.1, 0.15) is 20.9 Å². The lowest BCUT2D eigenvalue weighted by atomic mass is 10.2. The number of furan rings is 1. The molecule has 0 bridgehead atoms. The van der Waals surface area contributed by atoms with E-state index < -0.39 is 23.4 Å². The van der Waals surface area contributed by atoms with Gasteiger partial charge in [0.2, 0.25) is 0 Å². The first-order valence-electron chi connectivity index (χ1n) is 6.13. The minimum Gasteiger partial charge on any atom is -0.459 e. The molecule has 1 heterocycles. The molecule has 5 nitrogen and oxygen atoms in total. The summed E-state index contributed by atoms with van der Waals surface area (Å²) in [5.41, 5.74) is 0.00580. The zero-order chi connectivity index (χ0) is 15.2. The molecule has 1 aromatic heterocycles. The Kier molecular flexibility index (Phi) is 4.65. The van der Waals surface area contributed by atoms with Crippen molar-refractivity contribution in [3.05, 3.63) is 59.6 Å². The Hall–Kier alpha value is -2.70. The smallest absolute Gasteiger partial charge is 0.287 e. The molecule has 0 radical (unpaired) electrons. The molecule has 1 aromatic carbocycles. The van der Waals surface area contributed by atoms with Gasteiger partial charge in [-0.25, -0.2) is 8.78 Å². The maximum atomic E-state index is 13.0. The summed E-state index contributed by atoms with van der Waals surface area (Å²) in [6, 6.07) is 5.96. The maximum absolute atomic E-state index is 13.0. The van der Waals surface area contributed by atoms with E-state index in [2.05, 4.69) is 10.6 Å². The van der Waals surface area contributed by atoms with E-state index in [9.17, 15) is 18.4 Å². The molecule has 0 aliphatic heterocycles. The van der Waals surface area contributed by atoms with E-state index >= 15 is 0 Å². The van der Waals surface area contributed by atoms with E-state index in [1.165, 1.54) is 18.4 Å². The molecule has 0 aliphatic carbocycles. The van der Waals surface area contributed by atoms with Crippen LogP contribution in [0.4, 0.5) is 8.78 Å². The molecular weight excluding hydrogens is 282 g/mol. The van der Waals surface area contributed by atoms with E-state index in [1.807, 2.05) is 0 Å². The van der Waals surface area contributed by atoms with Crippen LogP contribution in [-0.2, 0) is 0 Å². The van der Waals surface area contributed by atoms with Gasteiger partial charge in [-0.15, -0.1) is 0 Å². The SMILES string of the molecule is O=C(NCCNC(=O)c1ccco1)c1ccc(F)c(F)c1. The number of rotatable bonds is 5. The number of hydrogen-bond acceptors (Lipinski definition) is 3. The monoisotopic (exact) mass is 294 g/mol. The Labute approximate surface area is 118 Å². The third-order valence-electron chi connectivity index (χ3n) is 2.62. The number of amides is 2. The van der Waals surface area contributed by atoms with Crippen LogP contribution in [0.2, 0.25) is 0 Å². The second-order valence-electron chi connectivity index (χ2n) is 4.12. The average molecular weight is 294 g/mol. The highest BCUT2D eigenvalue weighted by Crippen LogP contribution is 2.08. The first-order chi connectivity index (χ1) is 10.1. The van der Waals surface area contributed by atoms with Gasteiger partial charge in [-0.05, 0) is 30.3 Å². The van der Waals surface area contributed by atoms with Crippen molar-refractivity contribution in [1.29, 1.82) is 0 Å². The van der Waals surface area contributed by atoms with Crippen molar-refractivity contribution in [2.24, 2.45) is 0 Å².